The molecule has 1 N–H and O–H groups in total. The van der Waals surface area contributed by atoms with Gasteiger partial charge in [-0.25, -0.2) is 0 Å². The summed E-state index contributed by atoms with van der Waals surface area (Å²) in [5.74, 6) is -0.713. The molecule has 0 aromatic heterocycles. The Hall–Kier alpha value is -1.10. The van der Waals surface area contributed by atoms with Crippen LogP contribution in [-0.2, 0) is 14.3 Å². The quantitative estimate of drug-likeness (QED) is 0.838. The number of hydrogen-bond acceptors (Lipinski definition) is 3. The highest BCUT2D eigenvalue weighted by Crippen LogP contribution is 2.42. The van der Waals surface area contributed by atoms with Crippen molar-refractivity contribution in [3.05, 3.63) is 0 Å². The predicted molar refractivity (Wildman–Crippen MR) is 74.4 cm³/mol. The summed E-state index contributed by atoms with van der Waals surface area (Å²) in [6, 6.07) is 0.160. The Balaban J connectivity index is 1.98. The number of rotatable bonds is 5. The fourth-order valence-electron chi connectivity index (χ4n) is 3.52. The number of aliphatic carboxylic acids is 1. The Morgan fingerprint density at radius 1 is 1.25 bits per heavy atom. The molecule has 0 aromatic carbocycles. The van der Waals surface area contributed by atoms with E-state index in [1.54, 1.807) is 4.90 Å². The summed E-state index contributed by atoms with van der Waals surface area (Å²) in [4.78, 5) is 25.4. The molecule has 114 valence electrons. The van der Waals surface area contributed by atoms with E-state index in [0.29, 0.717) is 19.6 Å². The van der Waals surface area contributed by atoms with Crippen LogP contribution in [0.4, 0.5) is 0 Å². The first-order valence-electron chi connectivity index (χ1n) is 7.58. The van der Waals surface area contributed by atoms with Crippen molar-refractivity contribution in [3.8, 4) is 0 Å². The van der Waals surface area contributed by atoms with Crippen LogP contribution >= 0.6 is 0 Å². The van der Waals surface area contributed by atoms with Gasteiger partial charge in [-0.15, -0.1) is 0 Å². The number of ether oxygens (including phenoxy) is 1. The maximum Gasteiger partial charge on any atom is 0.303 e. The summed E-state index contributed by atoms with van der Waals surface area (Å²) in [5.41, 5.74) is -0.325. The van der Waals surface area contributed by atoms with Gasteiger partial charge in [-0.2, -0.15) is 0 Å². The first-order chi connectivity index (χ1) is 9.52. The Labute approximate surface area is 120 Å². The summed E-state index contributed by atoms with van der Waals surface area (Å²) >= 11 is 0. The largest absolute Gasteiger partial charge is 0.481 e. The van der Waals surface area contributed by atoms with Gasteiger partial charge in [-0.3, -0.25) is 9.59 Å². The zero-order chi connectivity index (χ0) is 14.6. The first kappa shape index (κ1) is 15.3. The SMILES string of the molecule is CN(C(=O)CC1(CC(=O)O)CCCCC1)C1CCOC1. The van der Waals surface area contributed by atoms with Gasteiger partial charge in [-0.1, -0.05) is 19.3 Å². The Morgan fingerprint density at radius 3 is 2.50 bits per heavy atom. The van der Waals surface area contributed by atoms with Gasteiger partial charge in [-0.05, 0) is 24.7 Å². The van der Waals surface area contributed by atoms with Crippen LogP contribution in [0.1, 0.15) is 51.4 Å². The smallest absolute Gasteiger partial charge is 0.303 e. The van der Waals surface area contributed by atoms with Crippen molar-refractivity contribution in [1.29, 1.82) is 0 Å². The maximum absolute atomic E-state index is 12.5. The van der Waals surface area contributed by atoms with Gasteiger partial charge < -0.3 is 14.7 Å². The lowest BCUT2D eigenvalue weighted by Crippen LogP contribution is -2.41. The van der Waals surface area contributed by atoms with Crippen LogP contribution in [0.3, 0.4) is 0 Å². The van der Waals surface area contributed by atoms with E-state index in [-0.39, 0.29) is 23.8 Å². The first-order valence-corrected chi connectivity index (χ1v) is 7.58. The van der Waals surface area contributed by atoms with Gasteiger partial charge in [0.2, 0.25) is 5.91 Å². The highest BCUT2D eigenvalue weighted by Gasteiger charge is 2.38. The van der Waals surface area contributed by atoms with Crippen molar-refractivity contribution in [1.82, 2.24) is 4.90 Å². The monoisotopic (exact) mass is 283 g/mol. The van der Waals surface area contributed by atoms with E-state index in [4.69, 9.17) is 9.84 Å². The number of amides is 1. The molecule has 2 aliphatic rings. The lowest BCUT2D eigenvalue weighted by Gasteiger charge is -2.37. The number of carboxylic acids is 1. The Morgan fingerprint density at radius 2 is 1.95 bits per heavy atom. The Kier molecular flexibility index (Phi) is 5.02. The van der Waals surface area contributed by atoms with Crippen LogP contribution in [0.2, 0.25) is 0 Å². The molecule has 1 unspecified atom stereocenters. The minimum absolute atomic E-state index is 0.0728. The van der Waals surface area contributed by atoms with E-state index in [9.17, 15) is 9.59 Å². The van der Waals surface area contributed by atoms with Crippen molar-refractivity contribution in [2.75, 3.05) is 20.3 Å². The molecule has 1 heterocycles. The summed E-state index contributed by atoms with van der Waals surface area (Å²) in [7, 11) is 1.82. The minimum Gasteiger partial charge on any atom is -0.481 e. The second-order valence-corrected chi connectivity index (χ2v) is 6.33. The molecule has 5 heteroatoms. The van der Waals surface area contributed by atoms with Crippen molar-refractivity contribution in [2.45, 2.75) is 57.4 Å². The van der Waals surface area contributed by atoms with Crippen LogP contribution in [-0.4, -0.2) is 48.2 Å². The third kappa shape index (κ3) is 3.72. The fourth-order valence-corrected chi connectivity index (χ4v) is 3.52. The highest BCUT2D eigenvalue weighted by molar-refractivity contribution is 5.78. The summed E-state index contributed by atoms with van der Waals surface area (Å²) in [6.07, 6.45) is 6.32. The van der Waals surface area contributed by atoms with Crippen molar-refractivity contribution >= 4 is 11.9 Å². The van der Waals surface area contributed by atoms with Crippen molar-refractivity contribution in [2.24, 2.45) is 5.41 Å². The third-order valence-corrected chi connectivity index (χ3v) is 4.81. The van der Waals surface area contributed by atoms with E-state index >= 15 is 0 Å². The highest BCUT2D eigenvalue weighted by atomic mass is 16.5. The molecule has 1 aliphatic heterocycles. The minimum atomic E-state index is -0.786. The number of carboxylic acid groups (broad SMARTS) is 1. The van der Waals surface area contributed by atoms with E-state index in [1.165, 1.54) is 0 Å². The van der Waals surface area contributed by atoms with Crippen LogP contribution in [0.15, 0.2) is 0 Å². The van der Waals surface area contributed by atoms with Gasteiger partial charge >= 0.3 is 5.97 Å². The molecule has 1 saturated heterocycles. The molecule has 0 bridgehead atoms. The molecule has 1 atom stereocenters. The predicted octanol–water partition coefficient (Wildman–Crippen LogP) is 2.05. The van der Waals surface area contributed by atoms with Crippen LogP contribution in [0, 0.1) is 5.41 Å². The average molecular weight is 283 g/mol. The molecule has 20 heavy (non-hydrogen) atoms. The lowest BCUT2D eigenvalue weighted by atomic mass is 9.69. The van der Waals surface area contributed by atoms with Gasteiger partial charge in [0.15, 0.2) is 0 Å². The van der Waals surface area contributed by atoms with Gasteiger partial charge in [0.25, 0.3) is 0 Å². The topological polar surface area (TPSA) is 66.8 Å². The molecular formula is C15H25NO4. The number of carbonyl (C=O) groups excluding carboxylic acids is 1. The molecule has 1 aliphatic carbocycles. The molecule has 0 aromatic rings. The number of nitrogens with zero attached hydrogens (tertiary/aromatic N) is 1. The van der Waals surface area contributed by atoms with Gasteiger partial charge in [0.1, 0.15) is 0 Å². The summed E-state index contributed by atoms with van der Waals surface area (Å²) in [5, 5.41) is 9.15. The van der Waals surface area contributed by atoms with Gasteiger partial charge in [0.05, 0.1) is 19.1 Å². The van der Waals surface area contributed by atoms with Crippen LogP contribution < -0.4 is 0 Å². The average Bonchev–Trinajstić information content (AvgIpc) is 2.91. The molecule has 2 rings (SSSR count). The number of hydrogen-bond donors (Lipinski definition) is 1. The third-order valence-electron chi connectivity index (χ3n) is 4.81. The van der Waals surface area contributed by atoms with E-state index < -0.39 is 5.97 Å². The van der Waals surface area contributed by atoms with E-state index in [0.717, 1.165) is 38.5 Å². The van der Waals surface area contributed by atoms with Crippen molar-refractivity contribution < 1.29 is 19.4 Å². The second-order valence-electron chi connectivity index (χ2n) is 6.33. The zero-order valence-corrected chi connectivity index (χ0v) is 12.3. The molecular weight excluding hydrogens is 258 g/mol. The lowest BCUT2D eigenvalue weighted by molar-refractivity contribution is -0.142. The van der Waals surface area contributed by atoms with Crippen LogP contribution in [0.5, 0.6) is 0 Å². The standard InChI is InChI=1S/C15H25NO4/c1-16(12-5-8-20-11-12)13(17)9-15(10-14(18)19)6-3-2-4-7-15/h12H,2-11H2,1H3,(H,18,19). The fraction of sp³-hybridized carbons (Fsp3) is 0.867. The molecule has 0 radical (unpaired) electrons. The molecule has 5 nitrogen and oxygen atoms in total. The normalized spacial score (nSPS) is 25.4. The maximum atomic E-state index is 12.5. The number of likely N-dealkylation sites (N-methyl/N-ethyl adjacent to an activating group) is 1. The summed E-state index contributed by atoms with van der Waals surface area (Å²) < 4.78 is 5.32. The molecule has 0 spiro atoms. The number of carbonyl (C=O) groups is 2. The zero-order valence-electron chi connectivity index (χ0n) is 12.3. The van der Waals surface area contributed by atoms with E-state index in [1.807, 2.05) is 7.05 Å². The summed E-state index contributed by atoms with van der Waals surface area (Å²) in [6.45, 7) is 1.32. The van der Waals surface area contributed by atoms with Crippen molar-refractivity contribution in [3.63, 3.8) is 0 Å². The molecule has 1 amide bonds. The Bertz CT molecular complexity index is 357. The van der Waals surface area contributed by atoms with E-state index in [2.05, 4.69) is 0 Å². The molecule has 2 fully saturated rings. The second kappa shape index (κ2) is 6.57. The van der Waals surface area contributed by atoms with Crippen LogP contribution in [0.25, 0.3) is 0 Å². The van der Waals surface area contributed by atoms with Gasteiger partial charge in [0, 0.05) is 20.1 Å². The molecule has 1 saturated carbocycles.